The summed E-state index contributed by atoms with van der Waals surface area (Å²) in [7, 11) is -0.0174. The van der Waals surface area contributed by atoms with Crippen LogP contribution in [-0.4, -0.2) is 52.2 Å². The lowest BCUT2D eigenvalue weighted by atomic mass is 10.0. The van der Waals surface area contributed by atoms with E-state index in [1.54, 1.807) is 24.6 Å². The minimum absolute atomic E-state index is 0.00894. The molecule has 0 aliphatic carbocycles. The first-order valence-electron chi connectivity index (χ1n) is 8.49. The van der Waals surface area contributed by atoms with Crippen LogP contribution in [0, 0.1) is 6.92 Å². The van der Waals surface area contributed by atoms with Crippen LogP contribution >= 0.6 is 0 Å². The lowest BCUT2D eigenvalue weighted by Gasteiger charge is -2.21. The predicted molar refractivity (Wildman–Crippen MR) is 100 cm³/mol. The highest BCUT2D eigenvalue weighted by Gasteiger charge is 2.27. The predicted octanol–water partition coefficient (Wildman–Crippen LogP) is 2.03. The van der Waals surface area contributed by atoms with Gasteiger partial charge in [-0.2, -0.15) is 17.6 Å². The molecule has 0 atom stereocenters. The molecule has 2 aromatic heterocycles. The van der Waals surface area contributed by atoms with Gasteiger partial charge in [0.15, 0.2) is 5.03 Å². The van der Waals surface area contributed by atoms with Gasteiger partial charge < -0.3 is 9.47 Å². The number of aromatic nitrogens is 4. The van der Waals surface area contributed by atoms with Gasteiger partial charge in [-0.3, -0.25) is 0 Å². The van der Waals surface area contributed by atoms with Crippen molar-refractivity contribution in [2.45, 2.75) is 18.4 Å². The molecular formula is C18H21N5O2S. The van der Waals surface area contributed by atoms with Crippen molar-refractivity contribution >= 4 is 26.5 Å². The molecule has 1 aromatic carbocycles. The molecule has 8 heteroatoms. The summed E-state index contributed by atoms with van der Waals surface area (Å²) in [5, 5.41) is 5.37. The summed E-state index contributed by atoms with van der Waals surface area (Å²) < 4.78 is 29.1. The third-order valence-electron chi connectivity index (χ3n) is 4.85. The van der Waals surface area contributed by atoms with Gasteiger partial charge >= 0.3 is 10.0 Å². The van der Waals surface area contributed by atoms with Crippen molar-refractivity contribution in [3.8, 4) is 0 Å². The van der Waals surface area contributed by atoms with E-state index in [2.05, 4.69) is 28.1 Å². The molecule has 0 N–H and O–H groups in total. The maximum atomic E-state index is 13.2. The van der Waals surface area contributed by atoms with Gasteiger partial charge in [0.25, 0.3) is 0 Å². The fourth-order valence-corrected chi connectivity index (χ4v) is 4.51. The second kappa shape index (κ2) is 6.07. The summed E-state index contributed by atoms with van der Waals surface area (Å²) in [6, 6.07) is 7.44. The van der Waals surface area contributed by atoms with Crippen molar-refractivity contribution in [1.82, 2.24) is 23.6 Å². The molecule has 1 aliphatic rings. The molecule has 0 saturated carbocycles. The molecule has 0 unspecified atom stereocenters. The SMILES string of the molecule is Cc1nc(S(=O)(=O)n2nc(C3=CCN(C)CC3)c3ccccc32)cn1C. The number of benzene rings is 1. The summed E-state index contributed by atoms with van der Waals surface area (Å²) in [6.45, 7) is 3.54. The van der Waals surface area contributed by atoms with E-state index < -0.39 is 10.0 Å². The molecule has 26 heavy (non-hydrogen) atoms. The zero-order valence-electron chi connectivity index (χ0n) is 15.0. The third-order valence-corrected chi connectivity index (χ3v) is 6.31. The fraction of sp³-hybridized carbons (Fsp3) is 0.333. The zero-order chi connectivity index (χ0) is 18.5. The number of imidazole rings is 1. The van der Waals surface area contributed by atoms with Crippen LogP contribution < -0.4 is 0 Å². The number of hydrogen-bond donors (Lipinski definition) is 0. The van der Waals surface area contributed by atoms with Gasteiger partial charge in [-0.15, -0.1) is 0 Å². The van der Waals surface area contributed by atoms with E-state index in [1.165, 1.54) is 6.20 Å². The largest absolute Gasteiger partial charge is 0.337 e. The molecule has 0 bridgehead atoms. The Hall–Kier alpha value is -2.45. The third kappa shape index (κ3) is 2.65. The van der Waals surface area contributed by atoms with E-state index in [0.717, 1.165) is 40.3 Å². The Labute approximate surface area is 152 Å². The minimum atomic E-state index is -3.86. The van der Waals surface area contributed by atoms with Gasteiger partial charge in [0, 0.05) is 31.7 Å². The van der Waals surface area contributed by atoms with Gasteiger partial charge in [0.05, 0.1) is 11.2 Å². The van der Waals surface area contributed by atoms with Crippen molar-refractivity contribution in [1.29, 1.82) is 0 Å². The van der Waals surface area contributed by atoms with Crippen LogP contribution in [0.15, 0.2) is 41.6 Å². The van der Waals surface area contributed by atoms with Crippen LogP contribution in [0.1, 0.15) is 17.9 Å². The molecule has 3 aromatic rings. The van der Waals surface area contributed by atoms with Crippen LogP contribution in [0.5, 0.6) is 0 Å². The number of likely N-dealkylation sites (N-methyl/N-ethyl adjacent to an activating group) is 1. The molecule has 0 amide bonds. The van der Waals surface area contributed by atoms with E-state index in [4.69, 9.17) is 0 Å². The monoisotopic (exact) mass is 371 g/mol. The Morgan fingerprint density at radius 3 is 2.58 bits per heavy atom. The maximum Gasteiger partial charge on any atom is 0.302 e. The second-order valence-electron chi connectivity index (χ2n) is 6.69. The number of nitrogens with zero attached hydrogens (tertiary/aromatic N) is 5. The highest BCUT2D eigenvalue weighted by atomic mass is 32.2. The molecule has 0 saturated heterocycles. The normalized spacial score (nSPS) is 16.2. The van der Waals surface area contributed by atoms with E-state index in [0.29, 0.717) is 11.3 Å². The summed E-state index contributed by atoms with van der Waals surface area (Å²) in [5.74, 6) is 0.637. The van der Waals surface area contributed by atoms with E-state index in [-0.39, 0.29) is 5.03 Å². The average Bonchev–Trinajstić information content (AvgIpc) is 3.17. The Morgan fingerprint density at radius 1 is 1.15 bits per heavy atom. The molecular weight excluding hydrogens is 350 g/mol. The van der Waals surface area contributed by atoms with Crippen LogP contribution in [0.4, 0.5) is 0 Å². The molecule has 3 heterocycles. The van der Waals surface area contributed by atoms with Crippen molar-refractivity contribution < 1.29 is 8.42 Å². The van der Waals surface area contributed by atoms with E-state index in [9.17, 15) is 8.42 Å². The summed E-state index contributed by atoms with van der Waals surface area (Å²) >= 11 is 0. The maximum absolute atomic E-state index is 13.2. The first-order valence-corrected chi connectivity index (χ1v) is 9.93. The van der Waals surface area contributed by atoms with Crippen LogP contribution in [0.2, 0.25) is 0 Å². The van der Waals surface area contributed by atoms with Crippen molar-refractivity contribution in [3.63, 3.8) is 0 Å². The van der Waals surface area contributed by atoms with E-state index in [1.807, 2.05) is 18.2 Å². The van der Waals surface area contributed by atoms with E-state index >= 15 is 0 Å². The average molecular weight is 371 g/mol. The highest BCUT2D eigenvalue weighted by Crippen LogP contribution is 2.30. The van der Waals surface area contributed by atoms with Crippen LogP contribution in [0.3, 0.4) is 0 Å². The first-order chi connectivity index (χ1) is 12.4. The summed E-state index contributed by atoms with van der Waals surface area (Å²) in [4.78, 5) is 6.41. The Balaban J connectivity index is 1.91. The van der Waals surface area contributed by atoms with Gasteiger partial charge in [-0.25, -0.2) is 4.98 Å². The van der Waals surface area contributed by atoms with Gasteiger partial charge in [-0.05, 0) is 32.0 Å². The molecule has 136 valence electrons. The molecule has 7 nitrogen and oxygen atoms in total. The van der Waals surface area contributed by atoms with Crippen LogP contribution in [0.25, 0.3) is 16.5 Å². The molecule has 1 aliphatic heterocycles. The number of hydrogen-bond acceptors (Lipinski definition) is 5. The number of aryl methyl sites for hydroxylation is 2. The number of fused-ring (bicyclic) bond motifs is 1. The minimum Gasteiger partial charge on any atom is -0.337 e. The zero-order valence-corrected chi connectivity index (χ0v) is 15.9. The summed E-state index contributed by atoms with van der Waals surface area (Å²) in [5.41, 5.74) is 2.40. The van der Waals surface area contributed by atoms with Crippen molar-refractivity contribution in [2.24, 2.45) is 7.05 Å². The Morgan fingerprint density at radius 2 is 1.92 bits per heavy atom. The van der Waals surface area contributed by atoms with Crippen molar-refractivity contribution in [3.05, 3.63) is 48.1 Å². The Bertz CT molecular complexity index is 1100. The quantitative estimate of drug-likeness (QED) is 0.704. The lowest BCUT2D eigenvalue weighted by Crippen LogP contribution is -2.24. The number of para-hydroxylation sites is 1. The first kappa shape index (κ1) is 17.0. The second-order valence-corrected chi connectivity index (χ2v) is 8.41. The smallest absolute Gasteiger partial charge is 0.302 e. The fourth-order valence-electron chi connectivity index (χ4n) is 3.18. The Kier molecular flexibility index (Phi) is 3.96. The highest BCUT2D eigenvalue weighted by molar-refractivity contribution is 7.89. The standard InChI is InChI=1S/C18H21N5O2S/c1-13-19-17(12-22(13)3)26(24,25)23-16-7-5-4-6-15(16)18(20-23)14-8-10-21(2)11-9-14/h4-8,12H,9-11H2,1-3H3. The van der Waals surface area contributed by atoms with Crippen molar-refractivity contribution in [2.75, 3.05) is 20.1 Å². The van der Waals surface area contributed by atoms with Gasteiger partial charge in [0.1, 0.15) is 5.82 Å². The lowest BCUT2D eigenvalue weighted by molar-refractivity contribution is 0.370. The molecule has 0 fully saturated rings. The van der Waals surface area contributed by atoms with Gasteiger partial charge in [0.2, 0.25) is 0 Å². The molecule has 0 radical (unpaired) electrons. The topological polar surface area (TPSA) is 73.0 Å². The molecule has 0 spiro atoms. The summed E-state index contributed by atoms with van der Waals surface area (Å²) in [6.07, 6.45) is 4.50. The van der Waals surface area contributed by atoms with Gasteiger partial charge in [-0.1, -0.05) is 24.3 Å². The number of rotatable bonds is 3. The molecule has 4 rings (SSSR count). The van der Waals surface area contributed by atoms with Crippen LogP contribution in [-0.2, 0) is 17.1 Å².